The summed E-state index contributed by atoms with van der Waals surface area (Å²) in [6, 6.07) is 4.09. The van der Waals surface area contributed by atoms with Gasteiger partial charge in [-0.15, -0.1) is 0 Å². The zero-order chi connectivity index (χ0) is 8.10. The minimum atomic E-state index is 0.346. The van der Waals surface area contributed by atoms with Gasteiger partial charge in [-0.25, -0.2) is 0 Å². The van der Waals surface area contributed by atoms with E-state index in [1.54, 1.807) is 12.5 Å². The molecule has 0 bridgehead atoms. The summed E-state index contributed by atoms with van der Waals surface area (Å²) in [6.45, 7) is 2.08. The summed E-state index contributed by atoms with van der Waals surface area (Å²) >= 11 is 0. The first-order valence-electron chi connectivity index (χ1n) is 3.77. The summed E-state index contributed by atoms with van der Waals surface area (Å²) in [4.78, 5) is 0. The number of nitriles is 1. The van der Waals surface area contributed by atoms with Gasteiger partial charge in [-0.3, -0.25) is 0 Å². The first-order chi connectivity index (χ1) is 5.38. The molecule has 0 amide bonds. The van der Waals surface area contributed by atoms with Gasteiger partial charge in [0.1, 0.15) is 0 Å². The standard InChI is InChI=1S/C9H11NO/c1-2-8(3-5-10)9-4-6-11-7-9/h4,6-8H,2-3H2,1H3. The maximum atomic E-state index is 8.49. The lowest BCUT2D eigenvalue weighted by atomic mass is 9.97. The molecule has 0 saturated heterocycles. The van der Waals surface area contributed by atoms with Crippen LogP contribution in [-0.4, -0.2) is 0 Å². The van der Waals surface area contributed by atoms with Gasteiger partial charge in [0, 0.05) is 6.42 Å². The molecule has 0 spiro atoms. The number of hydrogen-bond acceptors (Lipinski definition) is 2. The molecule has 2 heteroatoms. The molecule has 1 heterocycles. The lowest BCUT2D eigenvalue weighted by Crippen LogP contribution is -1.92. The molecule has 0 N–H and O–H groups in total. The third-order valence-electron chi connectivity index (χ3n) is 1.85. The van der Waals surface area contributed by atoms with E-state index in [9.17, 15) is 0 Å². The zero-order valence-corrected chi connectivity index (χ0v) is 6.58. The summed E-state index contributed by atoms with van der Waals surface area (Å²) < 4.78 is 4.93. The van der Waals surface area contributed by atoms with Gasteiger partial charge < -0.3 is 4.42 Å². The van der Waals surface area contributed by atoms with E-state index in [-0.39, 0.29) is 0 Å². The van der Waals surface area contributed by atoms with Crippen molar-refractivity contribution >= 4 is 0 Å². The summed E-state index contributed by atoms with van der Waals surface area (Å²) in [5.41, 5.74) is 1.13. The van der Waals surface area contributed by atoms with E-state index in [1.165, 1.54) is 0 Å². The monoisotopic (exact) mass is 149 g/mol. The SMILES string of the molecule is CCC(CC#N)c1ccoc1. The Labute approximate surface area is 66.4 Å². The third-order valence-corrected chi connectivity index (χ3v) is 1.85. The van der Waals surface area contributed by atoms with Gasteiger partial charge in [-0.05, 0) is 24.0 Å². The van der Waals surface area contributed by atoms with E-state index < -0.39 is 0 Å². The number of hydrogen-bond donors (Lipinski definition) is 0. The van der Waals surface area contributed by atoms with Crippen molar-refractivity contribution < 1.29 is 4.42 Å². The topological polar surface area (TPSA) is 36.9 Å². The minimum Gasteiger partial charge on any atom is -0.472 e. The van der Waals surface area contributed by atoms with Crippen LogP contribution in [0.1, 0.15) is 31.2 Å². The van der Waals surface area contributed by atoms with Gasteiger partial charge >= 0.3 is 0 Å². The number of furan rings is 1. The lowest BCUT2D eigenvalue weighted by molar-refractivity contribution is 0.556. The number of nitrogens with zero attached hydrogens (tertiary/aromatic N) is 1. The Hall–Kier alpha value is -1.23. The summed E-state index contributed by atoms with van der Waals surface area (Å²) in [7, 11) is 0. The van der Waals surface area contributed by atoms with Crippen molar-refractivity contribution in [3.8, 4) is 6.07 Å². The smallest absolute Gasteiger partial charge is 0.0937 e. The molecule has 0 radical (unpaired) electrons. The predicted molar refractivity (Wildman–Crippen MR) is 42.0 cm³/mol. The maximum absolute atomic E-state index is 8.49. The fourth-order valence-corrected chi connectivity index (χ4v) is 1.12. The van der Waals surface area contributed by atoms with Gasteiger partial charge in [0.2, 0.25) is 0 Å². The van der Waals surface area contributed by atoms with Gasteiger partial charge in [0.25, 0.3) is 0 Å². The fraction of sp³-hybridized carbons (Fsp3) is 0.444. The summed E-state index contributed by atoms with van der Waals surface area (Å²) in [5.74, 6) is 0.346. The molecular weight excluding hydrogens is 138 g/mol. The molecule has 0 aliphatic heterocycles. The Morgan fingerprint density at radius 1 is 1.73 bits per heavy atom. The molecular formula is C9H11NO. The van der Waals surface area contributed by atoms with Crippen LogP contribution < -0.4 is 0 Å². The van der Waals surface area contributed by atoms with Crippen LogP contribution in [0, 0.1) is 11.3 Å². The van der Waals surface area contributed by atoms with Crippen molar-refractivity contribution in [2.45, 2.75) is 25.7 Å². The second-order valence-corrected chi connectivity index (χ2v) is 2.52. The van der Waals surface area contributed by atoms with Crippen LogP contribution in [-0.2, 0) is 0 Å². The van der Waals surface area contributed by atoms with Crippen molar-refractivity contribution in [2.24, 2.45) is 0 Å². The van der Waals surface area contributed by atoms with E-state index in [0.29, 0.717) is 12.3 Å². The van der Waals surface area contributed by atoms with Gasteiger partial charge in [-0.2, -0.15) is 5.26 Å². The highest BCUT2D eigenvalue weighted by Crippen LogP contribution is 2.22. The molecule has 1 atom stereocenters. The van der Waals surface area contributed by atoms with Gasteiger partial charge in [-0.1, -0.05) is 6.92 Å². The lowest BCUT2D eigenvalue weighted by Gasteiger charge is -2.05. The molecule has 0 aliphatic rings. The van der Waals surface area contributed by atoms with Crippen molar-refractivity contribution in [1.29, 1.82) is 5.26 Å². The Bertz CT molecular complexity index is 233. The first kappa shape index (κ1) is 7.87. The van der Waals surface area contributed by atoms with E-state index >= 15 is 0 Å². The third kappa shape index (κ3) is 1.84. The van der Waals surface area contributed by atoms with Crippen LogP contribution in [0.3, 0.4) is 0 Å². The second kappa shape index (κ2) is 3.82. The van der Waals surface area contributed by atoms with Crippen molar-refractivity contribution in [1.82, 2.24) is 0 Å². The summed E-state index contributed by atoms with van der Waals surface area (Å²) in [5, 5.41) is 8.49. The molecule has 0 fully saturated rings. The molecule has 1 aromatic rings. The Kier molecular flexibility index (Phi) is 2.74. The molecule has 2 nitrogen and oxygen atoms in total. The minimum absolute atomic E-state index is 0.346. The molecule has 0 aromatic carbocycles. The van der Waals surface area contributed by atoms with E-state index in [1.807, 2.05) is 6.07 Å². The molecule has 1 rings (SSSR count). The fourth-order valence-electron chi connectivity index (χ4n) is 1.12. The molecule has 58 valence electrons. The molecule has 1 unspecified atom stereocenters. The van der Waals surface area contributed by atoms with Gasteiger partial charge in [0.05, 0.1) is 18.6 Å². The highest BCUT2D eigenvalue weighted by molar-refractivity contribution is 5.13. The van der Waals surface area contributed by atoms with Crippen LogP contribution in [0.15, 0.2) is 23.0 Å². The Balaban J connectivity index is 2.65. The van der Waals surface area contributed by atoms with Crippen molar-refractivity contribution in [3.63, 3.8) is 0 Å². The number of rotatable bonds is 3. The van der Waals surface area contributed by atoms with Crippen LogP contribution in [0.25, 0.3) is 0 Å². The van der Waals surface area contributed by atoms with Gasteiger partial charge in [0.15, 0.2) is 0 Å². The average molecular weight is 149 g/mol. The van der Waals surface area contributed by atoms with Crippen LogP contribution >= 0.6 is 0 Å². The average Bonchev–Trinajstić information content (AvgIpc) is 2.52. The van der Waals surface area contributed by atoms with E-state index in [0.717, 1.165) is 12.0 Å². The molecule has 11 heavy (non-hydrogen) atoms. The molecule has 0 aliphatic carbocycles. The normalized spacial score (nSPS) is 12.4. The van der Waals surface area contributed by atoms with Crippen LogP contribution in [0.5, 0.6) is 0 Å². The molecule has 0 saturated carbocycles. The van der Waals surface area contributed by atoms with Crippen LogP contribution in [0.4, 0.5) is 0 Å². The maximum Gasteiger partial charge on any atom is 0.0937 e. The molecule has 1 aromatic heterocycles. The summed E-state index contributed by atoms with van der Waals surface area (Å²) in [6.07, 6.45) is 4.93. The highest BCUT2D eigenvalue weighted by atomic mass is 16.3. The second-order valence-electron chi connectivity index (χ2n) is 2.52. The highest BCUT2D eigenvalue weighted by Gasteiger charge is 2.08. The Morgan fingerprint density at radius 3 is 3.00 bits per heavy atom. The van der Waals surface area contributed by atoms with E-state index in [2.05, 4.69) is 13.0 Å². The van der Waals surface area contributed by atoms with E-state index in [4.69, 9.17) is 9.68 Å². The quantitative estimate of drug-likeness (QED) is 0.662. The van der Waals surface area contributed by atoms with Crippen molar-refractivity contribution in [2.75, 3.05) is 0 Å². The van der Waals surface area contributed by atoms with Crippen molar-refractivity contribution in [3.05, 3.63) is 24.2 Å². The first-order valence-corrected chi connectivity index (χ1v) is 3.77. The van der Waals surface area contributed by atoms with Crippen LogP contribution in [0.2, 0.25) is 0 Å². The predicted octanol–water partition coefficient (Wildman–Crippen LogP) is 2.69. The largest absolute Gasteiger partial charge is 0.472 e. The Morgan fingerprint density at radius 2 is 2.55 bits per heavy atom. The zero-order valence-electron chi connectivity index (χ0n) is 6.58.